The molecule has 9 heteroatoms. The largest absolute Gasteiger partial charge is 0.497 e. The van der Waals surface area contributed by atoms with E-state index < -0.39 is 0 Å². The van der Waals surface area contributed by atoms with Crippen molar-refractivity contribution in [3.63, 3.8) is 0 Å². The molecule has 3 heterocycles. The number of nitrogens with one attached hydrogen (secondary N) is 3. The van der Waals surface area contributed by atoms with Gasteiger partial charge < -0.3 is 30.2 Å². The number of carbonyl (C=O) groups excluding carboxylic acids is 2. The predicted octanol–water partition coefficient (Wildman–Crippen LogP) is 3.96. The molecule has 2 fully saturated rings. The number of methoxy groups -OCH3 is 1. The molecule has 2 aliphatic heterocycles. The summed E-state index contributed by atoms with van der Waals surface area (Å²) in [6.07, 6.45) is 6.40. The highest BCUT2D eigenvalue weighted by Crippen LogP contribution is 2.35. The molecular weight excluding hydrogens is 446 g/mol. The van der Waals surface area contributed by atoms with Crippen LogP contribution < -0.4 is 26.2 Å². The second kappa shape index (κ2) is 10.0. The molecule has 5 rings (SSSR count). The highest BCUT2D eigenvalue weighted by Gasteiger charge is 2.37. The molecule has 4 amide bonds. The molecule has 1 saturated heterocycles. The van der Waals surface area contributed by atoms with Gasteiger partial charge in [0.1, 0.15) is 11.4 Å². The van der Waals surface area contributed by atoms with Crippen LogP contribution >= 0.6 is 0 Å². The number of pyridine rings is 1. The predicted molar refractivity (Wildman–Crippen MR) is 134 cm³/mol. The van der Waals surface area contributed by atoms with Crippen LogP contribution in [0.3, 0.4) is 0 Å². The monoisotopic (exact) mass is 479 g/mol. The van der Waals surface area contributed by atoms with E-state index in [2.05, 4.69) is 16.0 Å². The number of rotatable bonds is 4. The van der Waals surface area contributed by atoms with Gasteiger partial charge in [-0.2, -0.15) is 0 Å². The number of hydrogen-bond donors (Lipinski definition) is 3. The van der Waals surface area contributed by atoms with Crippen LogP contribution in [-0.2, 0) is 6.54 Å². The number of ether oxygens (including phenoxy) is 1. The maximum Gasteiger partial charge on any atom is 0.321 e. The molecule has 9 nitrogen and oxygen atoms in total. The zero-order chi connectivity index (χ0) is 24.4. The maximum atomic E-state index is 13.2. The minimum absolute atomic E-state index is 0.0851. The highest BCUT2D eigenvalue weighted by molar-refractivity contribution is 5.90. The molecule has 2 unspecified atom stereocenters. The maximum absolute atomic E-state index is 13.2. The van der Waals surface area contributed by atoms with E-state index in [0.717, 1.165) is 43.5 Å². The molecule has 1 saturated carbocycles. The average Bonchev–Trinajstić information content (AvgIpc) is 2.87. The number of anilines is 2. The van der Waals surface area contributed by atoms with Crippen LogP contribution in [0, 0.1) is 5.92 Å². The molecule has 3 N–H and O–H groups in total. The van der Waals surface area contributed by atoms with Crippen LogP contribution in [0.4, 0.5) is 21.0 Å². The topological polar surface area (TPSA) is 105 Å². The van der Waals surface area contributed by atoms with Gasteiger partial charge >= 0.3 is 12.1 Å². The molecule has 2 aromatic rings. The molecule has 2 atom stereocenters. The smallest absolute Gasteiger partial charge is 0.321 e. The van der Waals surface area contributed by atoms with Crippen LogP contribution in [0.25, 0.3) is 0 Å². The summed E-state index contributed by atoms with van der Waals surface area (Å²) in [5.41, 5.74) is 1.76. The first kappa shape index (κ1) is 23.3. The Labute approximate surface area is 204 Å². The lowest BCUT2D eigenvalue weighted by atomic mass is 9.83. The number of carbonyl (C=O) groups is 2. The normalized spacial score (nSPS) is 21.6. The van der Waals surface area contributed by atoms with Crippen molar-refractivity contribution in [1.82, 2.24) is 14.8 Å². The Kier molecular flexibility index (Phi) is 6.66. The van der Waals surface area contributed by atoms with Crippen molar-refractivity contribution in [2.75, 3.05) is 30.8 Å². The summed E-state index contributed by atoms with van der Waals surface area (Å²) in [6.45, 7) is 1.67. The van der Waals surface area contributed by atoms with Gasteiger partial charge in [-0.1, -0.05) is 19.3 Å². The van der Waals surface area contributed by atoms with E-state index in [0.29, 0.717) is 31.0 Å². The standard InChI is InChI=1S/C26H33N5O4/c1-35-21-9-7-20(8-10-21)28-26(34)30-14-17-13-18(16-30)23-12-11-22(24(32)31(23)15-17)29-25(33)27-19-5-3-2-4-6-19/h7-12,17-19H,2-6,13-16H2,1H3,(H,28,34)(H2,27,29,33). The molecule has 1 aromatic carbocycles. The van der Waals surface area contributed by atoms with E-state index in [1.54, 1.807) is 17.7 Å². The summed E-state index contributed by atoms with van der Waals surface area (Å²) < 4.78 is 6.96. The Balaban J connectivity index is 1.25. The van der Waals surface area contributed by atoms with Crippen LogP contribution in [0.5, 0.6) is 5.75 Å². The second-order valence-electron chi connectivity index (χ2n) is 9.88. The van der Waals surface area contributed by atoms with Gasteiger partial charge in [-0.15, -0.1) is 0 Å². The van der Waals surface area contributed by atoms with E-state index in [4.69, 9.17) is 4.74 Å². The lowest BCUT2D eigenvalue weighted by Gasteiger charge is -2.42. The third-order valence-corrected chi connectivity index (χ3v) is 7.42. The number of fused-ring (bicyclic) bond motifs is 4. The molecule has 0 radical (unpaired) electrons. The quantitative estimate of drug-likeness (QED) is 0.617. The Morgan fingerprint density at radius 1 is 0.943 bits per heavy atom. The van der Waals surface area contributed by atoms with Gasteiger partial charge in [-0.25, -0.2) is 9.59 Å². The molecule has 35 heavy (non-hydrogen) atoms. The van der Waals surface area contributed by atoms with Gasteiger partial charge in [0.15, 0.2) is 0 Å². The van der Waals surface area contributed by atoms with Gasteiger partial charge in [0, 0.05) is 43.0 Å². The lowest BCUT2D eigenvalue weighted by molar-refractivity contribution is 0.139. The third-order valence-electron chi connectivity index (χ3n) is 7.42. The minimum Gasteiger partial charge on any atom is -0.497 e. The van der Waals surface area contributed by atoms with E-state index in [1.807, 2.05) is 35.2 Å². The van der Waals surface area contributed by atoms with Crippen molar-refractivity contribution in [2.45, 2.75) is 57.0 Å². The Morgan fingerprint density at radius 3 is 2.46 bits per heavy atom. The first-order chi connectivity index (χ1) is 17.0. The van der Waals surface area contributed by atoms with Crippen LogP contribution in [-0.4, -0.2) is 47.8 Å². The van der Waals surface area contributed by atoms with E-state index in [9.17, 15) is 14.4 Å². The number of aromatic nitrogens is 1. The average molecular weight is 480 g/mol. The number of hydrogen-bond acceptors (Lipinski definition) is 4. The highest BCUT2D eigenvalue weighted by atomic mass is 16.5. The van der Waals surface area contributed by atoms with Gasteiger partial charge in [0.05, 0.1) is 7.11 Å². The van der Waals surface area contributed by atoms with Crippen molar-refractivity contribution in [3.8, 4) is 5.75 Å². The van der Waals surface area contributed by atoms with Crippen molar-refractivity contribution < 1.29 is 14.3 Å². The van der Waals surface area contributed by atoms with E-state index in [-0.39, 0.29) is 35.5 Å². The molecule has 3 aliphatic rings. The first-order valence-corrected chi connectivity index (χ1v) is 12.5. The number of amides is 4. The second-order valence-corrected chi connectivity index (χ2v) is 9.88. The molecule has 0 spiro atoms. The van der Waals surface area contributed by atoms with Gasteiger partial charge in [0.2, 0.25) is 0 Å². The first-order valence-electron chi connectivity index (χ1n) is 12.5. The van der Waals surface area contributed by atoms with Crippen LogP contribution in [0.15, 0.2) is 41.2 Å². The fourth-order valence-corrected chi connectivity index (χ4v) is 5.67. The number of benzene rings is 1. The number of piperidine rings is 1. The zero-order valence-corrected chi connectivity index (χ0v) is 20.1. The molecule has 186 valence electrons. The van der Waals surface area contributed by atoms with Gasteiger partial charge in [-0.3, -0.25) is 4.79 Å². The SMILES string of the molecule is COc1ccc(NC(=O)N2CC3CC(C2)c2ccc(NC(=O)NC4CCCCC4)c(=O)n2C3)cc1. The summed E-state index contributed by atoms with van der Waals surface area (Å²) in [5, 5.41) is 8.73. The van der Waals surface area contributed by atoms with Gasteiger partial charge in [0.25, 0.3) is 5.56 Å². The van der Waals surface area contributed by atoms with Gasteiger partial charge in [-0.05, 0) is 61.6 Å². The van der Waals surface area contributed by atoms with Crippen LogP contribution in [0.1, 0.15) is 50.1 Å². The Morgan fingerprint density at radius 2 is 1.71 bits per heavy atom. The molecule has 1 aliphatic carbocycles. The minimum atomic E-state index is -0.313. The number of likely N-dealkylation sites (tertiary alicyclic amines) is 1. The van der Waals surface area contributed by atoms with Crippen LogP contribution in [0.2, 0.25) is 0 Å². The van der Waals surface area contributed by atoms with E-state index >= 15 is 0 Å². The number of urea groups is 2. The fourth-order valence-electron chi connectivity index (χ4n) is 5.67. The Hall–Kier alpha value is -3.49. The van der Waals surface area contributed by atoms with Crippen molar-refractivity contribution in [2.24, 2.45) is 5.92 Å². The molecule has 2 bridgehead atoms. The fraction of sp³-hybridized carbons (Fsp3) is 0.500. The number of nitrogens with zero attached hydrogens (tertiary/aromatic N) is 2. The zero-order valence-electron chi connectivity index (χ0n) is 20.1. The summed E-state index contributed by atoms with van der Waals surface area (Å²) in [4.78, 5) is 40.4. The molecular formula is C26H33N5O4. The third kappa shape index (κ3) is 5.13. The molecule has 1 aromatic heterocycles. The van der Waals surface area contributed by atoms with Crippen molar-refractivity contribution in [1.29, 1.82) is 0 Å². The Bertz CT molecular complexity index is 1140. The summed E-state index contributed by atoms with van der Waals surface area (Å²) >= 11 is 0. The summed E-state index contributed by atoms with van der Waals surface area (Å²) in [7, 11) is 1.61. The lowest BCUT2D eigenvalue weighted by Crippen LogP contribution is -2.50. The summed E-state index contributed by atoms with van der Waals surface area (Å²) in [5.74, 6) is 1.01. The van der Waals surface area contributed by atoms with Crippen molar-refractivity contribution in [3.05, 3.63) is 52.4 Å². The van der Waals surface area contributed by atoms with Crippen molar-refractivity contribution >= 4 is 23.4 Å². The summed E-state index contributed by atoms with van der Waals surface area (Å²) in [6, 6.07) is 10.6. The van der Waals surface area contributed by atoms with E-state index in [1.165, 1.54) is 6.42 Å².